The van der Waals surface area contributed by atoms with Gasteiger partial charge in [-0.1, -0.05) is 30.3 Å². The lowest BCUT2D eigenvalue weighted by molar-refractivity contribution is 0.145. The van der Waals surface area contributed by atoms with E-state index in [1.165, 1.54) is 0 Å². The molecule has 0 aliphatic carbocycles. The minimum absolute atomic E-state index is 0.00308. The monoisotopic (exact) mass is 299 g/mol. The molecule has 0 atom stereocenters. The number of hydrogen-bond donors (Lipinski definition) is 0. The Labute approximate surface area is 131 Å². The zero-order chi connectivity index (χ0) is 15.9. The van der Waals surface area contributed by atoms with Gasteiger partial charge in [0.1, 0.15) is 12.4 Å². The van der Waals surface area contributed by atoms with Gasteiger partial charge in [0.2, 0.25) is 0 Å². The van der Waals surface area contributed by atoms with Crippen LogP contribution in [0.5, 0.6) is 5.75 Å². The van der Waals surface area contributed by atoms with Gasteiger partial charge >= 0.3 is 6.09 Å². The van der Waals surface area contributed by atoms with E-state index in [1.54, 1.807) is 12.0 Å². The summed E-state index contributed by atoms with van der Waals surface area (Å²) in [7, 11) is 1.61. The maximum atomic E-state index is 12.4. The quantitative estimate of drug-likeness (QED) is 0.828. The number of rotatable bonds is 5. The Bertz CT molecular complexity index is 593. The van der Waals surface area contributed by atoms with Crippen molar-refractivity contribution in [2.75, 3.05) is 12.0 Å². The highest BCUT2D eigenvalue weighted by Crippen LogP contribution is 2.22. The Hall–Kier alpha value is -2.49. The first-order valence-electron chi connectivity index (χ1n) is 7.26. The van der Waals surface area contributed by atoms with Crippen LogP contribution in [0.4, 0.5) is 10.5 Å². The van der Waals surface area contributed by atoms with Crippen LogP contribution in [0.1, 0.15) is 19.4 Å². The lowest BCUT2D eigenvalue weighted by Gasteiger charge is -2.26. The van der Waals surface area contributed by atoms with E-state index in [2.05, 4.69) is 0 Å². The van der Waals surface area contributed by atoms with Gasteiger partial charge in [-0.2, -0.15) is 0 Å². The fourth-order valence-corrected chi connectivity index (χ4v) is 2.15. The van der Waals surface area contributed by atoms with Crippen molar-refractivity contribution in [2.24, 2.45) is 0 Å². The van der Waals surface area contributed by atoms with E-state index in [1.807, 2.05) is 68.4 Å². The molecular formula is C18H21NO3. The lowest BCUT2D eigenvalue weighted by atomic mass is 10.2. The summed E-state index contributed by atoms with van der Waals surface area (Å²) >= 11 is 0. The van der Waals surface area contributed by atoms with E-state index >= 15 is 0 Å². The summed E-state index contributed by atoms with van der Waals surface area (Å²) in [6, 6.07) is 17.0. The number of hydrogen-bond acceptors (Lipinski definition) is 3. The topological polar surface area (TPSA) is 38.8 Å². The zero-order valence-corrected chi connectivity index (χ0v) is 13.2. The Morgan fingerprint density at radius 3 is 2.23 bits per heavy atom. The first-order chi connectivity index (χ1) is 10.6. The Morgan fingerprint density at radius 1 is 1.05 bits per heavy atom. The van der Waals surface area contributed by atoms with Gasteiger partial charge < -0.3 is 9.47 Å². The van der Waals surface area contributed by atoms with Crippen LogP contribution in [0.25, 0.3) is 0 Å². The maximum Gasteiger partial charge on any atom is 0.414 e. The number of amides is 1. The van der Waals surface area contributed by atoms with Gasteiger partial charge in [0, 0.05) is 11.7 Å². The Kier molecular flexibility index (Phi) is 5.42. The molecule has 0 spiro atoms. The van der Waals surface area contributed by atoms with E-state index in [9.17, 15) is 4.79 Å². The van der Waals surface area contributed by atoms with Gasteiger partial charge in [-0.25, -0.2) is 4.79 Å². The second-order valence-corrected chi connectivity index (χ2v) is 5.20. The largest absolute Gasteiger partial charge is 0.497 e. The van der Waals surface area contributed by atoms with Crippen LogP contribution in [-0.4, -0.2) is 19.2 Å². The third-order valence-electron chi connectivity index (χ3n) is 3.27. The van der Waals surface area contributed by atoms with Gasteiger partial charge in [-0.3, -0.25) is 4.90 Å². The fraction of sp³-hybridized carbons (Fsp3) is 0.278. The standard InChI is InChI=1S/C18H21NO3/c1-14(2)19(16-9-11-17(21-3)12-10-16)18(20)22-13-15-7-5-4-6-8-15/h4-12,14H,13H2,1-3H3. The summed E-state index contributed by atoms with van der Waals surface area (Å²) in [5.74, 6) is 0.755. The van der Waals surface area contributed by atoms with E-state index in [-0.39, 0.29) is 18.7 Å². The van der Waals surface area contributed by atoms with E-state index in [0.29, 0.717) is 0 Å². The lowest BCUT2D eigenvalue weighted by Crippen LogP contribution is -2.37. The van der Waals surface area contributed by atoms with Gasteiger partial charge in [0.25, 0.3) is 0 Å². The molecule has 0 aromatic heterocycles. The number of anilines is 1. The third-order valence-corrected chi connectivity index (χ3v) is 3.27. The van der Waals surface area contributed by atoms with Gasteiger partial charge in [-0.05, 0) is 43.7 Å². The summed E-state index contributed by atoms with van der Waals surface area (Å²) in [5.41, 5.74) is 1.75. The molecule has 2 rings (SSSR count). The maximum absolute atomic E-state index is 12.4. The van der Waals surface area contributed by atoms with Gasteiger partial charge in [-0.15, -0.1) is 0 Å². The minimum atomic E-state index is -0.357. The molecule has 0 N–H and O–H groups in total. The first-order valence-corrected chi connectivity index (χ1v) is 7.26. The van der Waals surface area contributed by atoms with Crippen LogP contribution in [0.3, 0.4) is 0 Å². The second-order valence-electron chi connectivity index (χ2n) is 5.20. The molecule has 0 bridgehead atoms. The number of benzene rings is 2. The highest BCUT2D eigenvalue weighted by atomic mass is 16.6. The number of methoxy groups -OCH3 is 1. The van der Waals surface area contributed by atoms with Crippen molar-refractivity contribution in [3.63, 3.8) is 0 Å². The molecule has 22 heavy (non-hydrogen) atoms. The second kappa shape index (κ2) is 7.50. The average Bonchev–Trinajstić information content (AvgIpc) is 2.54. The molecule has 0 radical (unpaired) electrons. The van der Waals surface area contributed by atoms with E-state index in [0.717, 1.165) is 17.0 Å². The predicted molar refractivity (Wildman–Crippen MR) is 87.2 cm³/mol. The normalized spacial score (nSPS) is 10.4. The highest BCUT2D eigenvalue weighted by molar-refractivity contribution is 5.88. The Balaban J connectivity index is 2.08. The van der Waals surface area contributed by atoms with Crippen LogP contribution in [0.2, 0.25) is 0 Å². The molecule has 0 aliphatic rings. The van der Waals surface area contributed by atoms with Crippen molar-refractivity contribution in [2.45, 2.75) is 26.5 Å². The minimum Gasteiger partial charge on any atom is -0.497 e. The number of ether oxygens (including phenoxy) is 2. The molecule has 4 heteroatoms. The SMILES string of the molecule is COc1ccc(N(C(=O)OCc2ccccc2)C(C)C)cc1. The smallest absolute Gasteiger partial charge is 0.414 e. The average molecular weight is 299 g/mol. The molecule has 0 heterocycles. The molecule has 116 valence electrons. The summed E-state index contributed by atoms with van der Waals surface area (Å²) in [4.78, 5) is 14.0. The van der Waals surface area contributed by atoms with Crippen LogP contribution < -0.4 is 9.64 Å². The summed E-state index contributed by atoms with van der Waals surface area (Å²) in [6.45, 7) is 4.17. The molecule has 2 aromatic carbocycles. The first kappa shape index (κ1) is 15.9. The molecule has 4 nitrogen and oxygen atoms in total. The van der Waals surface area contributed by atoms with Crippen molar-refractivity contribution in [3.05, 3.63) is 60.2 Å². The predicted octanol–water partition coefficient (Wildman–Crippen LogP) is 4.25. The fourth-order valence-electron chi connectivity index (χ4n) is 2.15. The van der Waals surface area contributed by atoms with Crippen LogP contribution in [0, 0.1) is 0 Å². The molecule has 2 aromatic rings. The van der Waals surface area contributed by atoms with Gasteiger partial charge in [0.15, 0.2) is 0 Å². The molecular weight excluding hydrogens is 278 g/mol. The molecule has 0 aliphatic heterocycles. The van der Waals surface area contributed by atoms with Crippen molar-refractivity contribution < 1.29 is 14.3 Å². The van der Waals surface area contributed by atoms with Crippen LogP contribution in [0.15, 0.2) is 54.6 Å². The van der Waals surface area contributed by atoms with Crippen molar-refractivity contribution in [1.82, 2.24) is 0 Å². The summed E-state index contributed by atoms with van der Waals surface area (Å²) < 4.78 is 10.6. The zero-order valence-electron chi connectivity index (χ0n) is 13.2. The van der Waals surface area contributed by atoms with Crippen LogP contribution >= 0.6 is 0 Å². The molecule has 0 saturated carbocycles. The van der Waals surface area contributed by atoms with E-state index < -0.39 is 0 Å². The summed E-state index contributed by atoms with van der Waals surface area (Å²) in [5, 5.41) is 0. The van der Waals surface area contributed by atoms with Crippen LogP contribution in [-0.2, 0) is 11.3 Å². The molecule has 0 fully saturated rings. The number of carbonyl (C=O) groups excluding carboxylic acids is 1. The van der Waals surface area contributed by atoms with Crippen molar-refractivity contribution in [1.29, 1.82) is 0 Å². The van der Waals surface area contributed by atoms with Gasteiger partial charge in [0.05, 0.1) is 7.11 Å². The highest BCUT2D eigenvalue weighted by Gasteiger charge is 2.20. The molecule has 1 amide bonds. The number of nitrogens with zero attached hydrogens (tertiary/aromatic N) is 1. The van der Waals surface area contributed by atoms with Crippen molar-refractivity contribution in [3.8, 4) is 5.75 Å². The van der Waals surface area contributed by atoms with E-state index in [4.69, 9.17) is 9.47 Å². The molecule has 0 unspecified atom stereocenters. The Morgan fingerprint density at radius 2 is 1.68 bits per heavy atom. The molecule has 0 saturated heterocycles. The van der Waals surface area contributed by atoms with Crippen molar-refractivity contribution >= 4 is 11.8 Å². The number of carbonyl (C=O) groups is 1. The third kappa shape index (κ3) is 4.01. The summed E-state index contributed by atoms with van der Waals surface area (Å²) in [6.07, 6.45) is -0.357.